The van der Waals surface area contributed by atoms with Crippen molar-refractivity contribution in [2.45, 2.75) is 32.4 Å². The minimum absolute atomic E-state index is 0.0308. The summed E-state index contributed by atoms with van der Waals surface area (Å²) >= 11 is 6.07. The Bertz CT molecular complexity index is 603. The molecule has 0 saturated heterocycles. The van der Waals surface area contributed by atoms with E-state index in [1.807, 2.05) is 31.2 Å². The van der Waals surface area contributed by atoms with Crippen molar-refractivity contribution in [2.75, 3.05) is 0 Å². The van der Waals surface area contributed by atoms with Crippen LogP contribution in [-0.4, -0.2) is 6.04 Å². The zero-order chi connectivity index (χ0) is 15.2. The van der Waals surface area contributed by atoms with E-state index in [4.69, 9.17) is 22.1 Å². The fourth-order valence-electron chi connectivity index (χ4n) is 2.05. The van der Waals surface area contributed by atoms with E-state index in [2.05, 4.69) is 0 Å². The summed E-state index contributed by atoms with van der Waals surface area (Å²) in [6.45, 7) is 2.32. The molecule has 1 unspecified atom stereocenters. The zero-order valence-electron chi connectivity index (χ0n) is 12.0. The van der Waals surface area contributed by atoms with Crippen LogP contribution < -0.4 is 10.5 Å². The number of nitrogens with two attached hydrogens (primary N) is 1. The highest BCUT2D eigenvalue weighted by Crippen LogP contribution is 2.21. The SMILES string of the molecule is CCC(N)Cc1cc(F)cc(OCc2ccccc2Cl)c1. The molecule has 0 heterocycles. The molecular weight excluding hydrogens is 289 g/mol. The summed E-state index contributed by atoms with van der Waals surface area (Å²) in [5.41, 5.74) is 7.63. The molecule has 0 radical (unpaired) electrons. The van der Waals surface area contributed by atoms with Gasteiger partial charge in [-0.1, -0.05) is 36.7 Å². The molecule has 21 heavy (non-hydrogen) atoms. The summed E-state index contributed by atoms with van der Waals surface area (Å²) in [6.07, 6.45) is 1.49. The van der Waals surface area contributed by atoms with Crippen molar-refractivity contribution < 1.29 is 9.13 Å². The van der Waals surface area contributed by atoms with Crippen molar-refractivity contribution in [2.24, 2.45) is 5.73 Å². The van der Waals surface area contributed by atoms with E-state index in [9.17, 15) is 4.39 Å². The van der Waals surface area contributed by atoms with Gasteiger partial charge in [-0.2, -0.15) is 0 Å². The van der Waals surface area contributed by atoms with Gasteiger partial charge in [0.15, 0.2) is 0 Å². The molecule has 1 atom stereocenters. The molecule has 0 aliphatic carbocycles. The smallest absolute Gasteiger partial charge is 0.127 e. The molecule has 2 rings (SSSR count). The second-order valence-corrected chi connectivity index (χ2v) is 5.45. The third-order valence-corrected chi connectivity index (χ3v) is 3.67. The second kappa shape index (κ2) is 7.43. The van der Waals surface area contributed by atoms with Crippen LogP contribution in [0.2, 0.25) is 5.02 Å². The lowest BCUT2D eigenvalue weighted by atomic mass is 10.0. The molecule has 0 spiro atoms. The van der Waals surface area contributed by atoms with E-state index in [0.29, 0.717) is 23.8 Å². The highest BCUT2D eigenvalue weighted by molar-refractivity contribution is 6.31. The Hall–Kier alpha value is -1.58. The molecule has 0 bridgehead atoms. The summed E-state index contributed by atoms with van der Waals surface area (Å²) in [5, 5.41) is 0.641. The molecule has 112 valence electrons. The third kappa shape index (κ3) is 4.73. The van der Waals surface area contributed by atoms with Gasteiger partial charge >= 0.3 is 0 Å². The zero-order valence-corrected chi connectivity index (χ0v) is 12.7. The first kappa shape index (κ1) is 15.8. The van der Waals surface area contributed by atoms with Crippen LogP contribution in [0.1, 0.15) is 24.5 Å². The van der Waals surface area contributed by atoms with Crippen LogP contribution >= 0.6 is 11.6 Å². The average molecular weight is 308 g/mol. The molecule has 0 saturated carbocycles. The quantitative estimate of drug-likeness (QED) is 0.861. The molecule has 2 N–H and O–H groups in total. The molecule has 0 fully saturated rings. The van der Waals surface area contributed by atoms with Crippen LogP contribution in [0.5, 0.6) is 5.75 Å². The van der Waals surface area contributed by atoms with Gasteiger partial charge in [0.1, 0.15) is 18.2 Å². The molecule has 0 aliphatic heterocycles. The lowest BCUT2D eigenvalue weighted by Gasteiger charge is -2.12. The number of ether oxygens (including phenoxy) is 1. The maximum absolute atomic E-state index is 13.6. The highest BCUT2D eigenvalue weighted by Gasteiger charge is 2.07. The normalized spacial score (nSPS) is 12.2. The van der Waals surface area contributed by atoms with Gasteiger partial charge in [0, 0.05) is 22.7 Å². The van der Waals surface area contributed by atoms with E-state index >= 15 is 0 Å². The van der Waals surface area contributed by atoms with Crippen molar-refractivity contribution in [1.29, 1.82) is 0 Å². The van der Waals surface area contributed by atoms with Gasteiger partial charge in [0.05, 0.1) is 0 Å². The van der Waals surface area contributed by atoms with E-state index in [1.54, 1.807) is 6.07 Å². The topological polar surface area (TPSA) is 35.2 Å². The van der Waals surface area contributed by atoms with E-state index in [-0.39, 0.29) is 11.9 Å². The van der Waals surface area contributed by atoms with Crippen LogP contribution in [0.25, 0.3) is 0 Å². The van der Waals surface area contributed by atoms with E-state index in [0.717, 1.165) is 17.5 Å². The fourth-order valence-corrected chi connectivity index (χ4v) is 2.24. The maximum atomic E-state index is 13.6. The fraction of sp³-hybridized carbons (Fsp3) is 0.294. The predicted octanol–water partition coefficient (Wildman–Crippen LogP) is 4.34. The van der Waals surface area contributed by atoms with Crippen LogP contribution in [0.3, 0.4) is 0 Å². The van der Waals surface area contributed by atoms with Crippen LogP contribution in [-0.2, 0) is 13.0 Å². The molecule has 2 nitrogen and oxygen atoms in total. The van der Waals surface area contributed by atoms with Crippen LogP contribution in [0.4, 0.5) is 4.39 Å². The maximum Gasteiger partial charge on any atom is 0.127 e. The molecule has 2 aromatic rings. The Kier molecular flexibility index (Phi) is 5.59. The Morgan fingerprint density at radius 1 is 1.24 bits per heavy atom. The Morgan fingerprint density at radius 3 is 2.71 bits per heavy atom. The average Bonchev–Trinajstić information content (AvgIpc) is 2.45. The molecular formula is C17H19ClFNO. The van der Waals surface area contributed by atoms with Gasteiger partial charge in [-0.15, -0.1) is 0 Å². The Balaban J connectivity index is 2.08. The lowest BCUT2D eigenvalue weighted by molar-refractivity contribution is 0.304. The summed E-state index contributed by atoms with van der Waals surface area (Å²) in [6, 6.07) is 12.2. The van der Waals surface area contributed by atoms with Crippen LogP contribution in [0, 0.1) is 5.82 Å². The summed E-state index contributed by atoms with van der Waals surface area (Å²) in [5.74, 6) is 0.179. The molecule has 2 aromatic carbocycles. The molecule has 0 amide bonds. The number of benzene rings is 2. The minimum Gasteiger partial charge on any atom is -0.489 e. The third-order valence-electron chi connectivity index (χ3n) is 3.31. The highest BCUT2D eigenvalue weighted by atomic mass is 35.5. The first-order chi connectivity index (χ1) is 10.1. The second-order valence-electron chi connectivity index (χ2n) is 5.05. The summed E-state index contributed by atoms with van der Waals surface area (Å²) in [7, 11) is 0. The van der Waals surface area contributed by atoms with Crippen molar-refractivity contribution in [3.8, 4) is 5.75 Å². The number of hydrogen-bond acceptors (Lipinski definition) is 2. The molecule has 0 aliphatic rings. The minimum atomic E-state index is -0.315. The Morgan fingerprint density at radius 2 is 2.00 bits per heavy atom. The van der Waals surface area contributed by atoms with Gasteiger partial charge < -0.3 is 10.5 Å². The van der Waals surface area contributed by atoms with Gasteiger partial charge in [-0.3, -0.25) is 0 Å². The van der Waals surface area contributed by atoms with Crippen molar-refractivity contribution >= 4 is 11.6 Å². The summed E-state index contributed by atoms with van der Waals surface area (Å²) < 4.78 is 19.3. The predicted molar refractivity (Wildman–Crippen MR) is 84.2 cm³/mol. The van der Waals surface area contributed by atoms with E-state index < -0.39 is 0 Å². The van der Waals surface area contributed by atoms with Crippen molar-refractivity contribution in [3.63, 3.8) is 0 Å². The number of rotatable bonds is 6. The van der Waals surface area contributed by atoms with E-state index in [1.165, 1.54) is 12.1 Å². The standard InChI is InChI=1S/C17H19ClFNO/c1-2-15(20)8-12-7-14(19)10-16(9-12)21-11-13-5-3-4-6-17(13)18/h3-7,9-10,15H,2,8,11,20H2,1H3. The van der Waals surface area contributed by atoms with Gasteiger partial charge in [0.25, 0.3) is 0 Å². The summed E-state index contributed by atoms with van der Waals surface area (Å²) in [4.78, 5) is 0. The lowest BCUT2D eigenvalue weighted by Crippen LogP contribution is -2.21. The van der Waals surface area contributed by atoms with Gasteiger partial charge in [0.2, 0.25) is 0 Å². The van der Waals surface area contributed by atoms with Crippen molar-refractivity contribution in [1.82, 2.24) is 0 Å². The van der Waals surface area contributed by atoms with Gasteiger partial charge in [-0.25, -0.2) is 4.39 Å². The first-order valence-electron chi connectivity index (χ1n) is 6.99. The first-order valence-corrected chi connectivity index (χ1v) is 7.37. The monoisotopic (exact) mass is 307 g/mol. The van der Waals surface area contributed by atoms with Gasteiger partial charge in [-0.05, 0) is 36.6 Å². The molecule has 0 aromatic heterocycles. The van der Waals surface area contributed by atoms with Crippen molar-refractivity contribution in [3.05, 3.63) is 64.4 Å². The number of hydrogen-bond donors (Lipinski definition) is 1. The molecule has 4 heteroatoms. The largest absolute Gasteiger partial charge is 0.489 e. The number of halogens is 2. The Labute approximate surface area is 129 Å². The van der Waals surface area contributed by atoms with Crippen LogP contribution in [0.15, 0.2) is 42.5 Å².